The number of hydrogen-bond donors (Lipinski definition) is 1. The Labute approximate surface area is 191 Å². The Morgan fingerprint density at radius 2 is 1.79 bits per heavy atom. The van der Waals surface area contributed by atoms with Gasteiger partial charge in [-0.25, -0.2) is 9.82 Å². The van der Waals surface area contributed by atoms with Gasteiger partial charge < -0.3 is 9.64 Å². The molecule has 1 N–H and O–H groups in total. The first kappa shape index (κ1) is 22.2. The van der Waals surface area contributed by atoms with Crippen LogP contribution in [0, 0.1) is 18.7 Å². The van der Waals surface area contributed by atoms with Crippen molar-refractivity contribution in [2.24, 2.45) is 11.0 Å². The van der Waals surface area contributed by atoms with E-state index in [2.05, 4.69) is 10.5 Å². The van der Waals surface area contributed by atoms with Gasteiger partial charge in [-0.3, -0.25) is 9.59 Å². The van der Waals surface area contributed by atoms with Crippen molar-refractivity contribution in [2.75, 3.05) is 11.4 Å². The van der Waals surface area contributed by atoms with E-state index in [9.17, 15) is 14.0 Å². The number of carbonyl (C=O) groups is 2. The topological polar surface area (TPSA) is 71.0 Å². The first-order valence-electron chi connectivity index (χ1n) is 10.7. The van der Waals surface area contributed by atoms with E-state index < -0.39 is 5.92 Å². The summed E-state index contributed by atoms with van der Waals surface area (Å²) >= 11 is 0. The number of nitrogens with zero attached hydrogens (tertiary/aromatic N) is 2. The van der Waals surface area contributed by atoms with Crippen molar-refractivity contribution >= 4 is 23.7 Å². The molecule has 1 aliphatic rings. The van der Waals surface area contributed by atoms with Gasteiger partial charge in [0.15, 0.2) is 0 Å². The van der Waals surface area contributed by atoms with Crippen molar-refractivity contribution in [3.05, 3.63) is 95.3 Å². The molecule has 1 aliphatic heterocycles. The van der Waals surface area contributed by atoms with Gasteiger partial charge in [-0.1, -0.05) is 29.8 Å². The van der Waals surface area contributed by atoms with E-state index in [1.54, 1.807) is 29.2 Å². The highest BCUT2D eigenvalue weighted by molar-refractivity contribution is 6.00. The van der Waals surface area contributed by atoms with E-state index in [0.29, 0.717) is 18.9 Å². The van der Waals surface area contributed by atoms with Crippen LogP contribution < -0.4 is 15.1 Å². The smallest absolute Gasteiger partial charge is 0.245 e. The number of nitrogens with one attached hydrogen (secondary N) is 1. The molecule has 168 valence electrons. The fourth-order valence-electron chi connectivity index (χ4n) is 3.52. The van der Waals surface area contributed by atoms with Crippen molar-refractivity contribution < 1.29 is 18.7 Å². The minimum absolute atomic E-state index is 0.0702. The van der Waals surface area contributed by atoms with Crippen LogP contribution in [0.4, 0.5) is 10.1 Å². The van der Waals surface area contributed by atoms with E-state index >= 15 is 0 Å². The number of rotatable bonds is 7. The lowest BCUT2D eigenvalue weighted by Crippen LogP contribution is -2.30. The van der Waals surface area contributed by atoms with Crippen molar-refractivity contribution in [1.29, 1.82) is 0 Å². The van der Waals surface area contributed by atoms with Crippen molar-refractivity contribution in [3.63, 3.8) is 0 Å². The second kappa shape index (κ2) is 10.1. The molecule has 3 aromatic rings. The molecule has 4 rings (SSSR count). The van der Waals surface area contributed by atoms with Crippen LogP contribution in [0.15, 0.2) is 77.9 Å². The van der Waals surface area contributed by atoms with Gasteiger partial charge in [0.1, 0.15) is 18.2 Å². The SMILES string of the molecule is Cc1ccc(N2C[C@H](C(=O)N/N=C/c3ccc(OCc4ccc(F)cc4)cc3)CC2=O)cc1. The Morgan fingerprint density at radius 3 is 2.48 bits per heavy atom. The summed E-state index contributed by atoms with van der Waals surface area (Å²) in [6, 6.07) is 21.0. The van der Waals surface area contributed by atoms with Crippen molar-refractivity contribution in [1.82, 2.24) is 5.43 Å². The molecule has 2 amide bonds. The lowest BCUT2D eigenvalue weighted by atomic mass is 10.1. The van der Waals surface area contributed by atoms with Gasteiger partial charge in [-0.05, 0) is 66.6 Å². The average molecular weight is 445 g/mol. The molecule has 33 heavy (non-hydrogen) atoms. The van der Waals surface area contributed by atoms with E-state index in [1.807, 2.05) is 43.3 Å². The van der Waals surface area contributed by atoms with E-state index in [4.69, 9.17) is 4.74 Å². The normalized spacial score (nSPS) is 15.8. The molecule has 1 heterocycles. The molecule has 1 saturated heterocycles. The minimum atomic E-state index is -0.446. The number of ether oxygens (including phenoxy) is 1. The van der Waals surface area contributed by atoms with E-state index in [1.165, 1.54) is 18.3 Å². The molecule has 1 atom stereocenters. The first-order valence-corrected chi connectivity index (χ1v) is 10.7. The number of aryl methyl sites for hydroxylation is 1. The zero-order valence-corrected chi connectivity index (χ0v) is 18.2. The second-order valence-corrected chi connectivity index (χ2v) is 7.96. The Morgan fingerprint density at radius 1 is 1.09 bits per heavy atom. The average Bonchev–Trinajstić information content (AvgIpc) is 3.22. The zero-order valence-electron chi connectivity index (χ0n) is 18.2. The number of carbonyl (C=O) groups excluding carboxylic acids is 2. The molecule has 0 unspecified atom stereocenters. The van der Waals surface area contributed by atoms with Gasteiger partial charge in [0.25, 0.3) is 0 Å². The molecule has 6 nitrogen and oxygen atoms in total. The van der Waals surface area contributed by atoms with Crippen LogP contribution in [0.1, 0.15) is 23.1 Å². The van der Waals surface area contributed by atoms with Gasteiger partial charge in [0.2, 0.25) is 11.8 Å². The molecule has 0 aromatic heterocycles. The third-order valence-electron chi connectivity index (χ3n) is 5.43. The Hall–Kier alpha value is -4.00. The minimum Gasteiger partial charge on any atom is -0.489 e. The van der Waals surface area contributed by atoms with Crippen LogP contribution in [-0.2, 0) is 16.2 Å². The number of hydrogen-bond acceptors (Lipinski definition) is 4. The van der Waals surface area contributed by atoms with Crippen molar-refractivity contribution in [3.8, 4) is 5.75 Å². The summed E-state index contributed by atoms with van der Waals surface area (Å²) in [6.45, 7) is 2.66. The highest BCUT2D eigenvalue weighted by atomic mass is 19.1. The third-order valence-corrected chi connectivity index (χ3v) is 5.43. The van der Waals surface area contributed by atoms with E-state index in [0.717, 1.165) is 22.4 Å². The van der Waals surface area contributed by atoms with Crippen LogP contribution in [0.2, 0.25) is 0 Å². The maximum absolute atomic E-state index is 13.0. The summed E-state index contributed by atoms with van der Waals surface area (Å²) < 4.78 is 18.6. The van der Waals surface area contributed by atoms with Gasteiger partial charge in [-0.2, -0.15) is 5.10 Å². The first-order chi connectivity index (χ1) is 16.0. The summed E-state index contributed by atoms with van der Waals surface area (Å²) in [5, 5.41) is 4.02. The third kappa shape index (κ3) is 5.83. The van der Waals surface area contributed by atoms with E-state index in [-0.39, 0.29) is 24.1 Å². The molecule has 3 aromatic carbocycles. The standard InChI is InChI=1S/C26H24FN3O3/c1-18-2-10-23(11-3-18)30-16-21(14-25(30)31)26(32)29-28-15-19-6-12-24(13-7-19)33-17-20-4-8-22(27)9-5-20/h2-13,15,21H,14,16-17H2,1H3,(H,29,32)/b28-15+/t21-/m1/s1. The van der Waals surface area contributed by atoms with Crippen molar-refractivity contribution in [2.45, 2.75) is 20.0 Å². The number of benzene rings is 3. The van der Waals surface area contributed by atoms with Crippen LogP contribution in [0.3, 0.4) is 0 Å². The molecule has 7 heteroatoms. The summed E-state index contributed by atoms with van der Waals surface area (Å²) in [4.78, 5) is 26.4. The fourth-order valence-corrected chi connectivity index (χ4v) is 3.52. The summed E-state index contributed by atoms with van der Waals surface area (Å²) in [7, 11) is 0. The molecule has 0 spiro atoms. The van der Waals surface area contributed by atoms with Crippen LogP contribution >= 0.6 is 0 Å². The predicted octanol–water partition coefficient (Wildman–Crippen LogP) is 4.22. The summed E-state index contributed by atoms with van der Waals surface area (Å²) in [5.74, 6) is -0.412. The maximum atomic E-state index is 13.0. The predicted molar refractivity (Wildman–Crippen MR) is 125 cm³/mol. The lowest BCUT2D eigenvalue weighted by molar-refractivity contribution is -0.126. The summed E-state index contributed by atoms with van der Waals surface area (Å²) in [6.07, 6.45) is 1.70. The quantitative estimate of drug-likeness (QED) is 0.437. The maximum Gasteiger partial charge on any atom is 0.245 e. The van der Waals surface area contributed by atoms with Gasteiger partial charge in [0, 0.05) is 18.7 Å². The Balaban J connectivity index is 1.26. The molecule has 0 aliphatic carbocycles. The molecule has 1 fully saturated rings. The monoisotopic (exact) mass is 445 g/mol. The van der Waals surface area contributed by atoms with Gasteiger partial charge in [-0.15, -0.1) is 0 Å². The highest BCUT2D eigenvalue weighted by Crippen LogP contribution is 2.25. The van der Waals surface area contributed by atoms with Crippen LogP contribution in [0.25, 0.3) is 0 Å². The number of halogens is 1. The number of hydrazone groups is 1. The summed E-state index contributed by atoms with van der Waals surface area (Å²) in [5.41, 5.74) is 6.10. The van der Waals surface area contributed by atoms with Crippen LogP contribution in [-0.4, -0.2) is 24.6 Å². The number of amides is 2. The van der Waals surface area contributed by atoms with Gasteiger partial charge in [0.05, 0.1) is 12.1 Å². The lowest BCUT2D eigenvalue weighted by Gasteiger charge is -2.16. The Kier molecular flexibility index (Phi) is 6.78. The fraction of sp³-hybridized carbons (Fsp3) is 0.192. The molecule has 0 bridgehead atoms. The molecular weight excluding hydrogens is 421 g/mol. The van der Waals surface area contributed by atoms with Crippen LogP contribution in [0.5, 0.6) is 5.75 Å². The zero-order chi connectivity index (χ0) is 23.2. The molecule has 0 saturated carbocycles. The molecule has 0 radical (unpaired) electrons. The molecular formula is C26H24FN3O3. The van der Waals surface area contributed by atoms with Gasteiger partial charge >= 0.3 is 0 Å². The largest absolute Gasteiger partial charge is 0.489 e. The Bertz CT molecular complexity index is 1140. The second-order valence-electron chi connectivity index (χ2n) is 7.96. The number of anilines is 1. The highest BCUT2D eigenvalue weighted by Gasteiger charge is 2.35.